The SMILES string of the molecule is Cc1ccccc1NCC(=O)NN=Cc1c(C)c(Br)c(O)c(C)c1O. The number of benzene rings is 2. The van der Waals surface area contributed by atoms with Crippen LogP contribution in [0.3, 0.4) is 0 Å². The Morgan fingerprint density at radius 2 is 1.84 bits per heavy atom. The van der Waals surface area contributed by atoms with E-state index in [2.05, 4.69) is 31.8 Å². The summed E-state index contributed by atoms with van der Waals surface area (Å²) in [6, 6.07) is 7.67. The second-order valence-corrected chi connectivity index (χ2v) is 6.43. The molecule has 132 valence electrons. The first-order chi connectivity index (χ1) is 11.8. The van der Waals surface area contributed by atoms with Gasteiger partial charge in [-0.25, -0.2) is 5.43 Å². The highest BCUT2D eigenvalue weighted by atomic mass is 79.9. The van der Waals surface area contributed by atoms with E-state index in [1.54, 1.807) is 13.8 Å². The maximum atomic E-state index is 11.9. The molecule has 0 atom stereocenters. The number of phenols is 2. The molecular weight excluding hydrogens is 386 g/mol. The van der Waals surface area contributed by atoms with Crippen molar-refractivity contribution in [2.24, 2.45) is 5.10 Å². The molecule has 0 aliphatic carbocycles. The molecule has 0 bridgehead atoms. The Hall–Kier alpha value is -2.54. The summed E-state index contributed by atoms with van der Waals surface area (Å²) < 4.78 is 0.483. The first-order valence-electron chi connectivity index (χ1n) is 7.65. The van der Waals surface area contributed by atoms with Gasteiger partial charge in [0.1, 0.15) is 11.5 Å². The molecule has 2 aromatic carbocycles. The number of para-hydroxylation sites is 1. The standard InChI is InChI=1S/C18H20BrN3O3/c1-10-6-4-5-7-14(10)20-9-15(23)22-21-8-13-11(2)16(19)18(25)12(3)17(13)24/h4-8,20,24-25H,9H2,1-3H3,(H,22,23). The number of anilines is 1. The van der Waals surface area contributed by atoms with Gasteiger partial charge in [0.2, 0.25) is 0 Å². The Morgan fingerprint density at radius 3 is 2.52 bits per heavy atom. The number of halogens is 1. The van der Waals surface area contributed by atoms with Crippen molar-refractivity contribution in [3.63, 3.8) is 0 Å². The minimum Gasteiger partial charge on any atom is -0.507 e. The highest BCUT2D eigenvalue weighted by Gasteiger charge is 2.16. The highest BCUT2D eigenvalue weighted by Crippen LogP contribution is 2.39. The fourth-order valence-electron chi connectivity index (χ4n) is 2.27. The molecule has 2 aromatic rings. The summed E-state index contributed by atoms with van der Waals surface area (Å²) in [5, 5.41) is 26.9. The Bertz CT molecular complexity index is 806. The molecule has 7 heteroatoms. The number of carbonyl (C=O) groups excluding carboxylic acids is 1. The first-order valence-corrected chi connectivity index (χ1v) is 8.44. The molecule has 0 aliphatic heterocycles. The number of aryl methyl sites for hydroxylation is 1. The topological polar surface area (TPSA) is 94.0 Å². The molecular formula is C18H20BrN3O3. The van der Waals surface area contributed by atoms with Crippen LogP contribution in [0, 0.1) is 20.8 Å². The first kappa shape index (κ1) is 18.8. The van der Waals surface area contributed by atoms with E-state index in [1.165, 1.54) is 6.21 Å². The quantitative estimate of drug-likeness (QED) is 0.453. The Morgan fingerprint density at radius 1 is 1.16 bits per heavy atom. The fourth-order valence-corrected chi connectivity index (χ4v) is 2.78. The Labute approximate surface area is 154 Å². The molecule has 0 unspecified atom stereocenters. The Balaban J connectivity index is 2.02. The zero-order valence-corrected chi connectivity index (χ0v) is 15.8. The summed E-state index contributed by atoms with van der Waals surface area (Å²) >= 11 is 3.27. The summed E-state index contributed by atoms with van der Waals surface area (Å²) in [5.74, 6) is -0.404. The molecule has 6 nitrogen and oxygen atoms in total. The van der Waals surface area contributed by atoms with Crippen molar-refractivity contribution in [3.05, 3.63) is 51.0 Å². The van der Waals surface area contributed by atoms with Crippen molar-refractivity contribution in [2.75, 3.05) is 11.9 Å². The molecule has 0 radical (unpaired) electrons. The minimum absolute atomic E-state index is 0.0152. The van der Waals surface area contributed by atoms with E-state index in [9.17, 15) is 15.0 Å². The van der Waals surface area contributed by atoms with Crippen LogP contribution in [0.4, 0.5) is 5.69 Å². The molecule has 0 saturated carbocycles. The maximum absolute atomic E-state index is 11.9. The number of hydrogen-bond donors (Lipinski definition) is 4. The van der Waals surface area contributed by atoms with E-state index in [4.69, 9.17) is 0 Å². The van der Waals surface area contributed by atoms with Crippen LogP contribution in [-0.2, 0) is 4.79 Å². The van der Waals surface area contributed by atoms with Crippen molar-refractivity contribution < 1.29 is 15.0 Å². The van der Waals surface area contributed by atoms with E-state index in [0.717, 1.165) is 11.3 Å². The van der Waals surface area contributed by atoms with Crippen molar-refractivity contribution >= 4 is 33.7 Å². The molecule has 0 aliphatic rings. The number of aromatic hydroxyl groups is 2. The zero-order chi connectivity index (χ0) is 18.6. The van der Waals surface area contributed by atoms with Gasteiger partial charge in [0.25, 0.3) is 5.91 Å². The predicted octanol–water partition coefficient (Wildman–Crippen LogP) is 3.35. The van der Waals surface area contributed by atoms with Gasteiger partial charge >= 0.3 is 0 Å². The van der Waals surface area contributed by atoms with Crippen LogP contribution in [-0.4, -0.2) is 28.9 Å². The lowest BCUT2D eigenvalue weighted by atomic mass is 10.0. The molecule has 0 spiro atoms. The third-order valence-electron chi connectivity index (χ3n) is 3.87. The van der Waals surface area contributed by atoms with Crippen LogP contribution >= 0.6 is 15.9 Å². The number of phenolic OH excluding ortho intramolecular Hbond substituents is 2. The minimum atomic E-state index is -0.314. The summed E-state index contributed by atoms with van der Waals surface area (Å²) in [4.78, 5) is 11.9. The van der Waals surface area contributed by atoms with Gasteiger partial charge in [-0.15, -0.1) is 0 Å². The van der Waals surface area contributed by atoms with Gasteiger partial charge in [0.05, 0.1) is 17.2 Å². The number of hydrazone groups is 1. The molecule has 4 N–H and O–H groups in total. The Kier molecular flexibility index (Phi) is 6.03. The largest absolute Gasteiger partial charge is 0.507 e. The third-order valence-corrected chi connectivity index (χ3v) is 4.84. The number of nitrogens with one attached hydrogen (secondary N) is 2. The molecule has 25 heavy (non-hydrogen) atoms. The van der Waals surface area contributed by atoms with Crippen LogP contribution in [0.2, 0.25) is 0 Å². The van der Waals surface area contributed by atoms with Crippen molar-refractivity contribution in [1.29, 1.82) is 0 Å². The molecule has 1 amide bonds. The monoisotopic (exact) mass is 405 g/mol. The summed E-state index contributed by atoms with van der Waals surface area (Å²) in [7, 11) is 0. The molecule has 0 saturated heterocycles. The average molecular weight is 406 g/mol. The van der Waals surface area contributed by atoms with Crippen LogP contribution in [0.1, 0.15) is 22.3 Å². The van der Waals surface area contributed by atoms with Crippen molar-refractivity contribution in [3.8, 4) is 11.5 Å². The van der Waals surface area contributed by atoms with E-state index in [1.807, 2.05) is 31.2 Å². The van der Waals surface area contributed by atoms with E-state index < -0.39 is 0 Å². The van der Waals surface area contributed by atoms with Gasteiger partial charge in [0.15, 0.2) is 0 Å². The molecule has 0 heterocycles. The van der Waals surface area contributed by atoms with Crippen LogP contribution in [0.15, 0.2) is 33.8 Å². The highest BCUT2D eigenvalue weighted by molar-refractivity contribution is 9.10. The summed E-state index contributed by atoms with van der Waals surface area (Å²) in [6.45, 7) is 5.35. The van der Waals surface area contributed by atoms with Gasteiger partial charge in [0, 0.05) is 16.8 Å². The zero-order valence-electron chi connectivity index (χ0n) is 14.2. The van der Waals surface area contributed by atoms with Gasteiger partial charge in [-0.2, -0.15) is 5.10 Å². The molecule has 2 rings (SSSR count). The maximum Gasteiger partial charge on any atom is 0.259 e. The third kappa shape index (κ3) is 4.30. The van der Waals surface area contributed by atoms with Gasteiger partial charge in [-0.1, -0.05) is 18.2 Å². The average Bonchev–Trinajstić information content (AvgIpc) is 2.60. The number of rotatable bonds is 5. The number of carbonyl (C=O) groups is 1. The lowest BCUT2D eigenvalue weighted by molar-refractivity contribution is -0.119. The number of amides is 1. The smallest absolute Gasteiger partial charge is 0.259 e. The second kappa shape index (κ2) is 8.02. The predicted molar refractivity (Wildman–Crippen MR) is 102 cm³/mol. The van der Waals surface area contributed by atoms with Gasteiger partial charge in [-0.3, -0.25) is 4.79 Å². The van der Waals surface area contributed by atoms with Crippen LogP contribution in [0.25, 0.3) is 0 Å². The summed E-state index contributed by atoms with van der Waals surface area (Å²) in [5.41, 5.74) is 5.72. The summed E-state index contributed by atoms with van der Waals surface area (Å²) in [6.07, 6.45) is 1.35. The lowest BCUT2D eigenvalue weighted by Crippen LogP contribution is -2.26. The van der Waals surface area contributed by atoms with Crippen LogP contribution < -0.4 is 10.7 Å². The number of hydrogen-bond acceptors (Lipinski definition) is 5. The van der Waals surface area contributed by atoms with Crippen LogP contribution in [0.5, 0.6) is 11.5 Å². The lowest BCUT2D eigenvalue weighted by Gasteiger charge is -2.12. The van der Waals surface area contributed by atoms with Gasteiger partial charge in [-0.05, 0) is 53.9 Å². The normalized spacial score (nSPS) is 10.9. The fraction of sp³-hybridized carbons (Fsp3) is 0.222. The number of nitrogens with zero attached hydrogens (tertiary/aromatic N) is 1. The van der Waals surface area contributed by atoms with E-state index in [-0.39, 0.29) is 24.0 Å². The van der Waals surface area contributed by atoms with E-state index >= 15 is 0 Å². The second-order valence-electron chi connectivity index (χ2n) is 5.64. The van der Waals surface area contributed by atoms with Crippen molar-refractivity contribution in [2.45, 2.75) is 20.8 Å². The van der Waals surface area contributed by atoms with Gasteiger partial charge < -0.3 is 15.5 Å². The molecule has 0 aromatic heterocycles. The molecule has 0 fully saturated rings. The van der Waals surface area contributed by atoms with E-state index in [0.29, 0.717) is 21.2 Å². The van der Waals surface area contributed by atoms with Crippen molar-refractivity contribution in [1.82, 2.24) is 5.43 Å².